The van der Waals surface area contributed by atoms with Crippen molar-refractivity contribution < 1.29 is 43.5 Å². The summed E-state index contributed by atoms with van der Waals surface area (Å²) in [7, 11) is 2.94. The molecule has 1 aliphatic heterocycles. The normalized spacial score (nSPS) is 25.2. The highest BCUT2D eigenvalue weighted by molar-refractivity contribution is 6.19. The lowest BCUT2D eigenvalue weighted by Crippen LogP contribution is -2.62. The van der Waals surface area contributed by atoms with Crippen molar-refractivity contribution in [2.24, 2.45) is 0 Å². The molecule has 1 aliphatic rings. The number of esters is 1. The highest BCUT2D eigenvalue weighted by Crippen LogP contribution is 2.48. The van der Waals surface area contributed by atoms with Gasteiger partial charge in [0.15, 0.2) is 6.10 Å². The molecule has 1 fully saturated rings. The lowest BCUT2D eigenvalue weighted by Gasteiger charge is -2.47. The van der Waals surface area contributed by atoms with Crippen molar-refractivity contribution >= 4 is 38.5 Å². The number of fused-ring (bicyclic) bond motifs is 5. The second kappa shape index (κ2) is 9.41. The first-order chi connectivity index (χ1) is 18.4. The molecule has 0 saturated carbocycles. The minimum absolute atomic E-state index is 0.113. The number of phenolic OH excluding ortho intramolecular Hbond substituents is 1. The monoisotopic (exact) mass is 538 g/mol. The third kappa shape index (κ3) is 4.07. The molecular formula is C29H30O10. The summed E-state index contributed by atoms with van der Waals surface area (Å²) in [5.41, 5.74) is -1.29. The molecule has 1 aromatic heterocycles. The number of rotatable bonds is 4. The summed E-state index contributed by atoms with van der Waals surface area (Å²) in [6, 6.07) is 8.07. The summed E-state index contributed by atoms with van der Waals surface area (Å²) in [6.45, 7) is 6.01. The molecule has 0 bridgehead atoms. The minimum Gasteiger partial charge on any atom is -0.507 e. The van der Waals surface area contributed by atoms with Crippen LogP contribution < -0.4 is 15.1 Å². The van der Waals surface area contributed by atoms with Crippen molar-refractivity contribution in [3.63, 3.8) is 0 Å². The van der Waals surface area contributed by atoms with E-state index in [1.807, 2.05) is 6.92 Å². The maximum atomic E-state index is 13.3. The van der Waals surface area contributed by atoms with Crippen LogP contribution in [0.15, 0.2) is 39.5 Å². The van der Waals surface area contributed by atoms with Crippen LogP contribution in [0.4, 0.5) is 0 Å². The fourth-order valence-electron chi connectivity index (χ4n) is 5.66. The highest BCUT2D eigenvalue weighted by Gasteiger charge is 2.54. The van der Waals surface area contributed by atoms with Crippen molar-refractivity contribution in [3.8, 4) is 17.2 Å². The molecule has 0 spiro atoms. The van der Waals surface area contributed by atoms with Crippen LogP contribution in [0.1, 0.15) is 38.0 Å². The van der Waals surface area contributed by atoms with Gasteiger partial charge in [-0.05, 0) is 56.2 Å². The van der Waals surface area contributed by atoms with Crippen LogP contribution in [-0.2, 0) is 14.3 Å². The van der Waals surface area contributed by atoms with E-state index in [-0.39, 0.29) is 27.9 Å². The first-order valence-corrected chi connectivity index (χ1v) is 12.4. The minimum atomic E-state index is -1.90. The number of aliphatic hydroxyl groups excluding tert-OH is 1. The van der Waals surface area contributed by atoms with E-state index in [1.165, 1.54) is 40.2 Å². The zero-order chi connectivity index (χ0) is 28.4. The number of aromatic hydroxyl groups is 1. The van der Waals surface area contributed by atoms with Crippen molar-refractivity contribution in [1.82, 2.24) is 0 Å². The molecule has 4 aromatic rings. The topological polar surface area (TPSA) is 145 Å². The summed E-state index contributed by atoms with van der Waals surface area (Å²) < 4.78 is 28.5. The second-order valence-corrected chi connectivity index (χ2v) is 10.1. The van der Waals surface area contributed by atoms with E-state index in [9.17, 15) is 24.9 Å². The van der Waals surface area contributed by atoms with Crippen molar-refractivity contribution in [3.05, 3.63) is 51.9 Å². The predicted octanol–water partition coefficient (Wildman–Crippen LogP) is 3.63. The number of aryl methyl sites for hydroxylation is 1. The van der Waals surface area contributed by atoms with Gasteiger partial charge in [-0.3, -0.25) is 4.79 Å². The van der Waals surface area contributed by atoms with Gasteiger partial charge in [0.05, 0.1) is 31.1 Å². The van der Waals surface area contributed by atoms with E-state index in [0.29, 0.717) is 27.5 Å². The highest BCUT2D eigenvalue weighted by atomic mass is 16.6. The van der Waals surface area contributed by atoms with Gasteiger partial charge in [-0.2, -0.15) is 0 Å². The fourth-order valence-corrected chi connectivity index (χ4v) is 5.66. The van der Waals surface area contributed by atoms with Crippen LogP contribution in [0.3, 0.4) is 0 Å². The Morgan fingerprint density at radius 1 is 1.03 bits per heavy atom. The lowest BCUT2D eigenvalue weighted by molar-refractivity contribution is -0.267. The Kier molecular flexibility index (Phi) is 6.45. The summed E-state index contributed by atoms with van der Waals surface area (Å²) >= 11 is 0. The Balaban J connectivity index is 1.89. The quantitative estimate of drug-likeness (QED) is 0.200. The van der Waals surface area contributed by atoms with Gasteiger partial charge in [-0.15, -0.1) is 0 Å². The first kappa shape index (κ1) is 26.7. The Morgan fingerprint density at radius 3 is 2.33 bits per heavy atom. The van der Waals surface area contributed by atoms with Crippen LogP contribution in [-0.4, -0.2) is 59.4 Å². The molecule has 0 aliphatic carbocycles. The summed E-state index contributed by atoms with van der Waals surface area (Å²) in [5.74, 6) is -0.0719. The van der Waals surface area contributed by atoms with Gasteiger partial charge in [0.2, 0.25) is 0 Å². The van der Waals surface area contributed by atoms with E-state index in [1.54, 1.807) is 25.1 Å². The van der Waals surface area contributed by atoms with Gasteiger partial charge < -0.3 is 38.7 Å². The standard InChI is InChI=1S/C29H30O10/c1-12-9-17-21(19(10-12)35-5)16-11-20(36-6)23-18(31)8-7-15(22(23)24(16)39-28(17)33)25-26(32)29(4,34)27(13(2)37-25)38-14(3)30/h7-11,13,25-27,31-32,34H,1-6H3. The number of phenols is 1. The molecule has 10 nitrogen and oxygen atoms in total. The number of carbonyl (C=O) groups excluding carboxylic acids is 1. The second-order valence-electron chi connectivity index (χ2n) is 10.1. The van der Waals surface area contributed by atoms with Crippen LogP contribution in [0.25, 0.3) is 32.5 Å². The third-order valence-corrected chi connectivity index (χ3v) is 7.43. The Hall–Kier alpha value is -3.86. The molecule has 5 rings (SSSR count). The molecule has 5 unspecified atom stereocenters. The molecule has 10 heteroatoms. The lowest BCUT2D eigenvalue weighted by atomic mass is 9.80. The van der Waals surface area contributed by atoms with Gasteiger partial charge in [0.25, 0.3) is 0 Å². The predicted molar refractivity (Wildman–Crippen MR) is 142 cm³/mol. The maximum Gasteiger partial charge on any atom is 0.344 e. The zero-order valence-electron chi connectivity index (χ0n) is 22.4. The average Bonchev–Trinajstić information content (AvgIpc) is 2.88. The number of hydrogen-bond donors (Lipinski definition) is 3. The van der Waals surface area contributed by atoms with Crippen LogP contribution in [0, 0.1) is 6.92 Å². The molecule has 206 valence electrons. The smallest absolute Gasteiger partial charge is 0.344 e. The molecule has 3 aromatic carbocycles. The molecule has 0 radical (unpaired) electrons. The fraction of sp³-hybridized carbons (Fsp3) is 0.379. The van der Waals surface area contributed by atoms with Gasteiger partial charge in [0.1, 0.15) is 40.6 Å². The van der Waals surface area contributed by atoms with Crippen LogP contribution in [0.2, 0.25) is 0 Å². The Labute approximate surface area is 223 Å². The molecule has 1 saturated heterocycles. The Bertz CT molecular complexity index is 1690. The molecule has 0 amide bonds. The van der Waals surface area contributed by atoms with Crippen LogP contribution in [0.5, 0.6) is 17.2 Å². The largest absolute Gasteiger partial charge is 0.507 e. The van der Waals surface area contributed by atoms with E-state index < -0.39 is 41.6 Å². The van der Waals surface area contributed by atoms with E-state index in [4.69, 9.17) is 23.4 Å². The number of carbonyl (C=O) groups is 1. The van der Waals surface area contributed by atoms with Gasteiger partial charge in [0, 0.05) is 23.1 Å². The van der Waals surface area contributed by atoms with Gasteiger partial charge >= 0.3 is 11.6 Å². The molecular weight excluding hydrogens is 508 g/mol. The average molecular weight is 539 g/mol. The Morgan fingerprint density at radius 2 is 1.69 bits per heavy atom. The van der Waals surface area contributed by atoms with Crippen molar-refractivity contribution in [2.75, 3.05) is 14.2 Å². The third-order valence-electron chi connectivity index (χ3n) is 7.43. The summed E-state index contributed by atoms with van der Waals surface area (Å²) in [6.07, 6.45) is -4.71. The molecule has 3 N–H and O–H groups in total. The number of methoxy groups -OCH3 is 2. The molecule has 5 atom stereocenters. The number of hydrogen-bond acceptors (Lipinski definition) is 10. The molecule has 2 heterocycles. The summed E-state index contributed by atoms with van der Waals surface area (Å²) in [4.78, 5) is 24.9. The SMILES string of the molecule is COc1cc2c(oc(=O)c3cc(C)cc(OC)c32)c2c(C3OC(C)C(OC(C)=O)C(C)(O)C3O)ccc(O)c12. The van der Waals surface area contributed by atoms with Crippen molar-refractivity contribution in [2.45, 2.75) is 57.7 Å². The number of aliphatic hydroxyl groups is 2. The number of benzene rings is 3. The van der Waals surface area contributed by atoms with E-state index in [2.05, 4.69) is 0 Å². The van der Waals surface area contributed by atoms with Gasteiger partial charge in [-0.1, -0.05) is 6.07 Å². The zero-order valence-corrected chi connectivity index (χ0v) is 22.4. The number of ether oxygens (including phenoxy) is 4. The van der Waals surface area contributed by atoms with Crippen LogP contribution >= 0.6 is 0 Å². The van der Waals surface area contributed by atoms with Gasteiger partial charge in [-0.25, -0.2) is 4.79 Å². The van der Waals surface area contributed by atoms with E-state index >= 15 is 0 Å². The van der Waals surface area contributed by atoms with E-state index in [0.717, 1.165) is 5.56 Å². The first-order valence-electron chi connectivity index (χ1n) is 12.4. The molecule has 39 heavy (non-hydrogen) atoms. The maximum absolute atomic E-state index is 13.3. The van der Waals surface area contributed by atoms with Crippen molar-refractivity contribution in [1.29, 1.82) is 0 Å². The summed E-state index contributed by atoms with van der Waals surface area (Å²) in [5, 5.41) is 35.3.